The Hall–Kier alpha value is -2.03. The molecule has 1 aromatic rings. The molecular weight excluding hydrogens is 342 g/mol. The summed E-state index contributed by atoms with van der Waals surface area (Å²) in [6.45, 7) is 3.02. The molecule has 1 N–H and O–H groups in total. The van der Waals surface area contributed by atoms with Crippen LogP contribution in [0.25, 0.3) is 0 Å². The summed E-state index contributed by atoms with van der Waals surface area (Å²) < 4.78 is 77.4. The molecule has 0 saturated heterocycles. The first-order valence-electron chi connectivity index (χ1n) is 6.68. The van der Waals surface area contributed by atoms with Crippen LogP contribution in [0.15, 0.2) is 42.5 Å². The second-order valence-corrected chi connectivity index (χ2v) is 4.93. The number of carbonyl (C=O) groups excluding carboxylic acids is 1. The molecule has 24 heavy (non-hydrogen) atoms. The van der Waals surface area contributed by atoms with Crippen molar-refractivity contribution in [1.29, 1.82) is 0 Å². The molecule has 0 saturated carbocycles. The number of hydrogen-bond acceptors (Lipinski definition) is 3. The number of carbonyl (C=O) groups is 1. The highest BCUT2D eigenvalue weighted by Crippen LogP contribution is 2.36. The van der Waals surface area contributed by atoms with Gasteiger partial charge in [0.2, 0.25) is 0 Å². The van der Waals surface area contributed by atoms with Crippen molar-refractivity contribution in [3.8, 4) is 0 Å². The van der Waals surface area contributed by atoms with Crippen LogP contribution < -0.4 is 0 Å². The first kappa shape index (κ1) is 20.0. The Bertz CT molecular complexity index is 551. The SMILES string of the molecule is C=C(C(=O)OC(C(F)(F)F)C(F)(F)F)C(O)CCc1ccccc1. The van der Waals surface area contributed by atoms with E-state index in [4.69, 9.17) is 0 Å². The Labute approximate surface area is 133 Å². The lowest BCUT2D eigenvalue weighted by atomic mass is 10.0. The molecule has 0 aliphatic rings. The third kappa shape index (κ3) is 5.88. The molecule has 134 valence electrons. The second kappa shape index (κ2) is 7.69. The molecule has 0 spiro atoms. The van der Waals surface area contributed by atoms with Crippen molar-refractivity contribution in [2.45, 2.75) is 37.4 Å². The quantitative estimate of drug-likeness (QED) is 0.482. The van der Waals surface area contributed by atoms with E-state index in [1.54, 1.807) is 30.3 Å². The molecule has 1 atom stereocenters. The standard InChI is InChI=1S/C15H14F6O3/c1-9(11(22)8-7-10-5-3-2-4-6-10)12(23)24-13(14(16,17)18)15(19,20)21/h2-6,11,13,22H,1,7-8H2. The zero-order valence-corrected chi connectivity index (χ0v) is 12.2. The van der Waals surface area contributed by atoms with Crippen molar-refractivity contribution >= 4 is 5.97 Å². The van der Waals surface area contributed by atoms with Crippen LogP contribution in [0.4, 0.5) is 26.3 Å². The third-order valence-corrected chi connectivity index (χ3v) is 3.03. The van der Waals surface area contributed by atoms with E-state index in [0.717, 1.165) is 5.56 Å². The number of benzene rings is 1. The highest BCUT2D eigenvalue weighted by atomic mass is 19.4. The molecule has 1 rings (SSSR count). The van der Waals surface area contributed by atoms with Crippen LogP contribution in [-0.2, 0) is 16.0 Å². The molecule has 0 radical (unpaired) electrons. The predicted octanol–water partition coefficient (Wildman–Crippen LogP) is 3.57. The van der Waals surface area contributed by atoms with E-state index >= 15 is 0 Å². The van der Waals surface area contributed by atoms with Crippen molar-refractivity contribution in [1.82, 2.24) is 0 Å². The number of alkyl halides is 6. The minimum absolute atomic E-state index is 0.110. The van der Waals surface area contributed by atoms with Crippen molar-refractivity contribution in [3.05, 3.63) is 48.0 Å². The maximum Gasteiger partial charge on any atom is 0.434 e. The molecule has 0 aromatic heterocycles. The van der Waals surface area contributed by atoms with Crippen molar-refractivity contribution < 1.29 is 41.0 Å². The van der Waals surface area contributed by atoms with E-state index in [9.17, 15) is 36.2 Å². The number of aryl methyl sites for hydroxylation is 1. The monoisotopic (exact) mass is 356 g/mol. The van der Waals surface area contributed by atoms with Gasteiger partial charge in [-0.15, -0.1) is 0 Å². The van der Waals surface area contributed by atoms with Gasteiger partial charge in [0, 0.05) is 0 Å². The van der Waals surface area contributed by atoms with Crippen molar-refractivity contribution in [2.24, 2.45) is 0 Å². The maximum absolute atomic E-state index is 12.3. The average Bonchev–Trinajstić information content (AvgIpc) is 2.48. The Morgan fingerprint density at radius 1 is 1.08 bits per heavy atom. The number of rotatable bonds is 6. The van der Waals surface area contributed by atoms with Gasteiger partial charge in [0.15, 0.2) is 0 Å². The molecule has 0 amide bonds. The zero-order chi connectivity index (χ0) is 18.5. The number of hydrogen-bond donors (Lipinski definition) is 1. The van der Waals surface area contributed by atoms with E-state index in [0.29, 0.717) is 0 Å². The predicted molar refractivity (Wildman–Crippen MR) is 71.9 cm³/mol. The summed E-state index contributed by atoms with van der Waals surface area (Å²) >= 11 is 0. The van der Waals surface area contributed by atoms with E-state index in [2.05, 4.69) is 11.3 Å². The smallest absolute Gasteiger partial charge is 0.434 e. The van der Waals surface area contributed by atoms with Gasteiger partial charge in [0.1, 0.15) is 0 Å². The van der Waals surface area contributed by atoms with E-state index in [1.165, 1.54) is 0 Å². The zero-order valence-electron chi connectivity index (χ0n) is 12.2. The van der Waals surface area contributed by atoms with Gasteiger partial charge in [-0.3, -0.25) is 0 Å². The van der Waals surface area contributed by atoms with Gasteiger partial charge < -0.3 is 9.84 Å². The van der Waals surface area contributed by atoms with Gasteiger partial charge >= 0.3 is 18.3 Å². The number of aliphatic hydroxyl groups is 1. The lowest BCUT2D eigenvalue weighted by molar-refractivity contribution is -0.312. The van der Waals surface area contributed by atoms with E-state index < -0.39 is 36.1 Å². The van der Waals surface area contributed by atoms with Gasteiger partial charge in [0.25, 0.3) is 6.10 Å². The van der Waals surface area contributed by atoms with Gasteiger partial charge in [-0.2, -0.15) is 26.3 Å². The van der Waals surface area contributed by atoms with Crippen LogP contribution in [-0.4, -0.2) is 35.6 Å². The Kier molecular flexibility index (Phi) is 6.42. The molecule has 3 nitrogen and oxygen atoms in total. The Balaban J connectivity index is 2.67. The Morgan fingerprint density at radius 2 is 1.58 bits per heavy atom. The van der Waals surface area contributed by atoms with Crippen LogP contribution in [0, 0.1) is 0 Å². The maximum atomic E-state index is 12.3. The number of aliphatic hydroxyl groups excluding tert-OH is 1. The van der Waals surface area contributed by atoms with Gasteiger partial charge in [-0.05, 0) is 18.4 Å². The van der Waals surface area contributed by atoms with E-state index in [1.807, 2.05) is 0 Å². The summed E-state index contributed by atoms with van der Waals surface area (Å²) in [5, 5.41) is 9.71. The summed E-state index contributed by atoms with van der Waals surface area (Å²) in [4.78, 5) is 11.4. The number of esters is 1. The van der Waals surface area contributed by atoms with Gasteiger partial charge in [-0.25, -0.2) is 4.79 Å². The van der Waals surface area contributed by atoms with Gasteiger partial charge in [-0.1, -0.05) is 36.9 Å². The summed E-state index contributed by atoms with van der Waals surface area (Å²) in [5.74, 6) is -1.95. The molecule has 1 unspecified atom stereocenters. The van der Waals surface area contributed by atoms with Crippen LogP contribution in [0.2, 0.25) is 0 Å². The first-order valence-corrected chi connectivity index (χ1v) is 6.68. The number of ether oxygens (including phenoxy) is 1. The third-order valence-electron chi connectivity index (χ3n) is 3.03. The topological polar surface area (TPSA) is 46.5 Å². The summed E-state index contributed by atoms with van der Waals surface area (Å²) in [6, 6.07) is 8.57. The molecular formula is C15H14F6O3. The minimum Gasteiger partial charge on any atom is -0.439 e. The van der Waals surface area contributed by atoms with E-state index in [-0.39, 0.29) is 12.8 Å². The highest BCUT2D eigenvalue weighted by molar-refractivity contribution is 5.89. The fourth-order valence-corrected chi connectivity index (χ4v) is 1.76. The first-order chi connectivity index (χ1) is 10.9. The fraction of sp³-hybridized carbons (Fsp3) is 0.400. The molecule has 0 heterocycles. The average molecular weight is 356 g/mol. The van der Waals surface area contributed by atoms with Crippen LogP contribution in [0.3, 0.4) is 0 Å². The fourth-order valence-electron chi connectivity index (χ4n) is 1.76. The van der Waals surface area contributed by atoms with Crippen LogP contribution >= 0.6 is 0 Å². The van der Waals surface area contributed by atoms with Crippen molar-refractivity contribution in [2.75, 3.05) is 0 Å². The summed E-state index contributed by atoms with van der Waals surface area (Å²) in [5.41, 5.74) is -0.106. The molecule has 9 heteroatoms. The number of halogens is 6. The molecule has 1 aromatic carbocycles. The normalized spacial score (nSPS) is 13.7. The highest BCUT2D eigenvalue weighted by Gasteiger charge is 2.60. The lowest BCUT2D eigenvalue weighted by Crippen LogP contribution is -2.46. The minimum atomic E-state index is -5.82. The van der Waals surface area contributed by atoms with Crippen molar-refractivity contribution in [3.63, 3.8) is 0 Å². The largest absolute Gasteiger partial charge is 0.439 e. The molecule has 0 fully saturated rings. The van der Waals surface area contributed by atoms with Gasteiger partial charge in [0.05, 0.1) is 11.7 Å². The Morgan fingerprint density at radius 3 is 2.04 bits per heavy atom. The summed E-state index contributed by atoms with van der Waals surface area (Å²) in [7, 11) is 0. The summed E-state index contributed by atoms with van der Waals surface area (Å²) in [6.07, 6.45) is -17.4. The molecule has 0 aliphatic heterocycles. The second-order valence-electron chi connectivity index (χ2n) is 4.93. The van der Waals surface area contributed by atoms with Crippen LogP contribution in [0.5, 0.6) is 0 Å². The molecule has 0 aliphatic carbocycles. The molecule has 0 bridgehead atoms. The lowest BCUT2D eigenvalue weighted by Gasteiger charge is -2.24. The van der Waals surface area contributed by atoms with Crippen LogP contribution in [0.1, 0.15) is 12.0 Å².